The van der Waals surface area contributed by atoms with Crippen molar-refractivity contribution in [3.8, 4) is 5.82 Å². The molecule has 0 bridgehead atoms. The summed E-state index contributed by atoms with van der Waals surface area (Å²) >= 11 is 0. The summed E-state index contributed by atoms with van der Waals surface area (Å²) in [5.74, 6) is 1.29. The minimum absolute atomic E-state index is 0.546. The van der Waals surface area contributed by atoms with Gasteiger partial charge in [-0.3, -0.25) is 9.47 Å². The Morgan fingerprint density at radius 3 is 2.45 bits per heavy atom. The molecule has 1 saturated heterocycles. The van der Waals surface area contributed by atoms with Crippen LogP contribution < -0.4 is 10.2 Å². The van der Waals surface area contributed by atoms with E-state index in [1.807, 2.05) is 24.4 Å². The second kappa shape index (κ2) is 10.0. The summed E-state index contributed by atoms with van der Waals surface area (Å²) in [5, 5.41) is 14.9. The van der Waals surface area contributed by atoms with Crippen LogP contribution in [-0.4, -0.2) is 61.7 Å². The molecular weight excluding hydrogens is 474 g/mol. The number of fused-ring (bicyclic) bond motifs is 1. The van der Waals surface area contributed by atoms with Crippen molar-refractivity contribution in [3.63, 3.8) is 0 Å². The third-order valence-corrected chi connectivity index (χ3v) is 7.58. The number of benzene rings is 1. The minimum Gasteiger partial charge on any atom is -0.384 e. The van der Waals surface area contributed by atoms with Crippen molar-refractivity contribution in [3.05, 3.63) is 66.1 Å². The van der Waals surface area contributed by atoms with Crippen LogP contribution in [0.1, 0.15) is 51.4 Å². The number of aryl methyl sites for hydroxylation is 1. The van der Waals surface area contributed by atoms with E-state index >= 15 is 0 Å². The molecule has 8 heteroatoms. The zero-order chi connectivity index (χ0) is 26.3. The Morgan fingerprint density at radius 1 is 1.00 bits per heavy atom. The summed E-state index contributed by atoms with van der Waals surface area (Å²) < 4.78 is 2.09. The summed E-state index contributed by atoms with van der Waals surface area (Å²) in [6, 6.07) is 17.3. The smallest absolute Gasteiger partial charge is 0.229 e. The van der Waals surface area contributed by atoms with E-state index in [0.29, 0.717) is 11.6 Å². The Labute approximate surface area is 224 Å². The molecule has 3 aromatic heterocycles. The van der Waals surface area contributed by atoms with Crippen LogP contribution >= 0.6 is 0 Å². The zero-order valence-electron chi connectivity index (χ0n) is 22.6. The van der Waals surface area contributed by atoms with Gasteiger partial charge in [0, 0.05) is 60.9 Å². The fraction of sp³-hybridized carbons (Fsp3) is 0.433. The second-order valence-corrected chi connectivity index (χ2v) is 11.1. The van der Waals surface area contributed by atoms with Crippen molar-refractivity contribution in [2.75, 3.05) is 36.4 Å². The van der Waals surface area contributed by atoms with Gasteiger partial charge < -0.3 is 15.3 Å². The van der Waals surface area contributed by atoms with Gasteiger partial charge >= 0.3 is 0 Å². The van der Waals surface area contributed by atoms with Crippen molar-refractivity contribution in [1.82, 2.24) is 24.4 Å². The molecule has 0 amide bonds. The maximum atomic E-state index is 10.5. The average Bonchev–Trinajstić information content (AvgIpc) is 3.71. The molecular formula is C30H37N7O. The highest BCUT2D eigenvalue weighted by atomic mass is 16.3. The van der Waals surface area contributed by atoms with Crippen LogP contribution in [0.5, 0.6) is 0 Å². The number of hydrogen-bond donors (Lipinski definition) is 2. The highest BCUT2D eigenvalue weighted by molar-refractivity contribution is 5.80. The lowest BCUT2D eigenvalue weighted by Crippen LogP contribution is -2.47. The molecule has 4 heterocycles. The first-order valence-electron chi connectivity index (χ1n) is 13.8. The van der Waals surface area contributed by atoms with Crippen LogP contribution in [-0.2, 0) is 12.0 Å². The average molecular weight is 512 g/mol. The van der Waals surface area contributed by atoms with Crippen LogP contribution in [0.25, 0.3) is 16.9 Å². The van der Waals surface area contributed by atoms with E-state index in [1.54, 1.807) is 13.8 Å². The first-order chi connectivity index (χ1) is 18.4. The Kier molecular flexibility index (Phi) is 6.53. The summed E-state index contributed by atoms with van der Waals surface area (Å²) in [6.45, 7) is 10.2. The Hall–Kier alpha value is -3.49. The van der Waals surface area contributed by atoms with E-state index in [2.05, 4.69) is 61.9 Å². The summed E-state index contributed by atoms with van der Waals surface area (Å²) in [4.78, 5) is 19.4. The third kappa shape index (κ3) is 5.11. The zero-order valence-corrected chi connectivity index (χ0v) is 22.6. The molecule has 0 atom stereocenters. The molecule has 0 radical (unpaired) electrons. The molecule has 6 rings (SSSR count). The van der Waals surface area contributed by atoms with Gasteiger partial charge in [-0.15, -0.1) is 0 Å². The van der Waals surface area contributed by atoms with Crippen molar-refractivity contribution in [2.24, 2.45) is 0 Å². The van der Waals surface area contributed by atoms with E-state index < -0.39 is 5.60 Å². The van der Waals surface area contributed by atoms with Crippen molar-refractivity contribution >= 4 is 28.4 Å². The Bertz CT molecular complexity index is 1410. The molecule has 198 valence electrons. The van der Waals surface area contributed by atoms with Gasteiger partial charge in [0.05, 0.1) is 5.69 Å². The van der Waals surface area contributed by atoms with Crippen LogP contribution in [0, 0.1) is 0 Å². The number of rotatable bonds is 8. The van der Waals surface area contributed by atoms with Gasteiger partial charge in [-0.05, 0) is 75.6 Å². The van der Waals surface area contributed by atoms with Crippen molar-refractivity contribution in [2.45, 2.75) is 58.1 Å². The quantitative estimate of drug-likeness (QED) is 0.344. The molecule has 38 heavy (non-hydrogen) atoms. The molecule has 1 aromatic carbocycles. The van der Waals surface area contributed by atoms with E-state index in [4.69, 9.17) is 9.97 Å². The molecule has 1 aliphatic carbocycles. The molecule has 4 aromatic rings. The standard InChI is InChI=1S/C30H37N7O/c1-4-6-25-19-21-20-31-29(34-28(21)37(25)27-8-5-7-26(33-27)30(2,3)38)32-22-9-11-23(12-10-22)35-15-17-36(18-16-35)24-13-14-24/h5,7-12,19-20,24,38H,4,6,13-18H2,1-3H3,(H,31,32,34). The van der Waals surface area contributed by atoms with Gasteiger partial charge in [0.1, 0.15) is 11.4 Å². The predicted octanol–water partition coefficient (Wildman–Crippen LogP) is 5.02. The number of anilines is 3. The largest absolute Gasteiger partial charge is 0.384 e. The lowest BCUT2D eigenvalue weighted by Gasteiger charge is -2.36. The predicted molar refractivity (Wildman–Crippen MR) is 152 cm³/mol. The monoisotopic (exact) mass is 511 g/mol. The number of pyridine rings is 1. The number of nitrogens with one attached hydrogen (secondary N) is 1. The van der Waals surface area contributed by atoms with E-state index in [9.17, 15) is 5.11 Å². The van der Waals surface area contributed by atoms with Gasteiger partial charge in [0.2, 0.25) is 5.95 Å². The molecule has 0 unspecified atom stereocenters. The normalized spacial score (nSPS) is 16.8. The molecule has 2 fully saturated rings. The SMILES string of the molecule is CCCc1cc2cnc(Nc3ccc(N4CCN(C5CC5)CC4)cc3)nc2n1-c1cccc(C(C)(C)O)n1. The van der Waals surface area contributed by atoms with Crippen LogP contribution in [0.3, 0.4) is 0 Å². The highest BCUT2D eigenvalue weighted by Crippen LogP contribution is 2.30. The fourth-order valence-corrected chi connectivity index (χ4v) is 5.36. The molecule has 1 aliphatic heterocycles. The molecule has 8 nitrogen and oxygen atoms in total. The minimum atomic E-state index is -1.03. The van der Waals surface area contributed by atoms with Gasteiger partial charge in [-0.2, -0.15) is 4.98 Å². The second-order valence-electron chi connectivity index (χ2n) is 11.1. The van der Waals surface area contributed by atoms with Crippen LogP contribution in [0.4, 0.5) is 17.3 Å². The number of aliphatic hydroxyl groups is 1. The topological polar surface area (TPSA) is 82.3 Å². The van der Waals surface area contributed by atoms with Gasteiger partial charge in [-0.1, -0.05) is 19.4 Å². The fourth-order valence-electron chi connectivity index (χ4n) is 5.36. The number of piperazine rings is 1. The molecule has 2 N–H and O–H groups in total. The van der Waals surface area contributed by atoms with Crippen LogP contribution in [0.15, 0.2) is 54.7 Å². The summed E-state index contributed by atoms with van der Waals surface area (Å²) in [6.07, 6.45) is 6.52. The highest BCUT2D eigenvalue weighted by Gasteiger charge is 2.31. The van der Waals surface area contributed by atoms with E-state index in [0.717, 1.165) is 73.3 Å². The first-order valence-corrected chi connectivity index (χ1v) is 13.8. The molecule has 1 saturated carbocycles. The number of aromatic nitrogens is 4. The Balaban J connectivity index is 1.25. The Morgan fingerprint density at radius 2 is 1.76 bits per heavy atom. The number of hydrogen-bond acceptors (Lipinski definition) is 7. The maximum absolute atomic E-state index is 10.5. The van der Waals surface area contributed by atoms with Crippen molar-refractivity contribution in [1.29, 1.82) is 0 Å². The van der Waals surface area contributed by atoms with Crippen molar-refractivity contribution < 1.29 is 5.11 Å². The van der Waals surface area contributed by atoms with Gasteiger partial charge in [0.25, 0.3) is 0 Å². The van der Waals surface area contributed by atoms with E-state index in [1.165, 1.54) is 18.5 Å². The maximum Gasteiger partial charge on any atom is 0.229 e. The lowest BCUT2D eigenvalue weighted by atomic mass is 10.1. The summed E-state index contributed by atoms with van der Waals surface area (Å²) in [5.41, 5.74) is 3.75. The number of nitrogens with zero attached hydrogens (tertiary/aromatic N) is 6. The van der Waals surface area contributed by atoms with Gasteiger partial charge in [-0.25, -0.2) is 9.97 Å². The van der Waals surface area contributed by atoms with Crippen LogP contribution in [0.2, 0.25) is 0 Å². The van der Waals surface area contributed by atoms with E-state index in [-0.39, 0.29) is 0 Å². The first kappa shape index (κ1) is 24.8. The van der Waals surface area contributed by atoms with Gasteiger partial charge in [0.15, 0.2) is 5.65 Å². The third-order valence-electron chi connectivity index (χ3n) is 7.58. The lowest BCUT2D eigenvalue weighted by molar-refractivity contribution is 0.0738. The molecule has 0 spiro atoms. The summed E-state index contributed by atoms with van der Waals surface area (Å²) in [7, 11) is 0. The molecule has 2 aliphatic rings.